The maximum absolute atomic E-state index is 11.0. The van der Waals surface area contributed by atoms with Crippen molar-refractivity contribution in [2.24, 2.45) is 0 Å². The van der Waals surface area contributed by atoms with E-state index in [1.807, 2.05) is 31.2 Å². The molecule has 0 fully saturated rings. The van der Waals surface area contributed by atoms with Crippen molar-refractivity contribution in [1.82, 2.24) is 0 Å². The van der Waals surface area contributed by atoms with Gasteiger partial charge in [0.15, 0.2) is 0 Å². The maximum atomic E-state index is 11.0. The van der Waals surface area contributed by atoms with Crippen molar-refractivity contribution in [3.63, 3.8) is 0 Å². The zero-order valence-corrected chi connectivity index (χ0v) is 11.5. The molecule has 0 aliphatic rings. The van der Waals surface area contributed by atoms with Crippen LogP contribution in [0.3, 0.4) is 0 Å². The zero-order valence-electron chi connectivity index (χ0n) is 11.5. The van der Waals surface area contributed by atoms with Crippen LogP contribution in [0.2, 0.25) is 0 Å². The minimum Gasteiger partial charge on any atom is -0.492 e. The largest absolute Gasteiger partial charge is 0.492 e. The van der Waals surface area contributed by atoms with E-state index in [4.69, 9.17) is 14.2 Å². The van der Waals surface area contributed by atoms with Crippen molar-refractivity contribution in [2.75, 3.05) is 38.3 Å². The van der Waals surface area contributed by atoms with E-state index in [2.05, 4.69) is 5.32 Å². The van der Waals surface area contributed by atoms with Crippen molar-refractivity contribution in [3.8, 4) is 5.75 Å². The normalized spacial score (nSPS) is 10.0. The minimum absolute atomic E-state index is 0.0113. The monoisotopic (exact) mass is 267 g/mol. The molecular formula is C14H21NO4. The number of rotatable bonds is 9. The van der Waals surface area contributed by atoms with E-state index in [9.17, 15) is 4.79 Å². The predicted octanol–water partition coefficient (Wildman–Crippen LogP) is 2.08. The number of hydrogen-bond donors (Lipinski definition) is 1. The summed E-state index contributed by atoms with van der Waals surface area (Å²) in [5.74, 6) is 0.479. The molecule has 1 N–H and O–H groups in total. The molecule has 0 aromatic heterocycles. The molecule has 0 heterocycles. The van der Waals surface area contributed by atoms with Crippen LogP contribution >= 0.6 is 0 Å². The molecule has 0 radical (unpaired) electrons. The van der Waals surface area contributed by atoms with Crippen molar-refractivity contribution in [2.45, 2.75) is 13.8 Å². The Morgan fingerprint density at radius 3 is 2.74 bits per heavy atom. The number of carbonyl (C=O) groups is 1. The molecule has 0 amide bonds. The van der Waals surface area contributed by atoms with Crippen LogP contribution in [0, 0.1) is 0 Å². The molecule has 0 saturated heterocycles. The number of nitrogens with one attached hydrogen (secondary N) is 1. The van der Waals surface area contributed by atoms with Gasteiger partial charge in [0.2, 0.25) is 0 Å². The number of para-hydroxylation sites is 2. The number of hydrogen-bond acceptors (Lipinski definition) is 5. The highest BCUT2D eigenvalue weighted by molar-refractivity contribution is 5.70. The average Bonchev–Trinajstić information content (AvgIpc) is 2.41. The van der Waals surface area contributed by atoms with Crippen molar-refractivity contribution >= 4 is 11.7 Å². The summed E-state index contributed by atoms with van der Waals surface area (Å²) in [7, 11) is 0. The molecule has 19 heavy (non-hydrogen) atoms. The van der Waals surface area contributed by atoms with Crippen LogP contribution in [0.5, 0.6) is 5.75 Å². The second-order valence-corrected chi connectivity index (χ2v) is 3.71. The van der Waals surface area contributed by atoms with Gasteiger partial charge < -0.3 is 19.5 Å². The van der Waals surface area contributed by atoms with E-state index in [0.29, 0.717) is 26.4 Å². The molecule has 1 aromatic carbocycles. The predicted molar refractivity (Wildman–Crippen MR) is 73.6 cm³/mol. The fraction of sp³-hybridized carbons (Fsp3) is 0.500. The van der Waals surface area contributed by atoms with Gasteiger partial charge in [0.05, 0.1) is 25.5 Å². The Balaban J connectivity index is 2.24. The van der Waals surface area contributed by atoms with E-state index in [-0.39, 0.29) is 12.6 Å². The summed E-state index contributed by atoms with van der Waals surface area (Å²) in [4.78, 5) is 11.0. The number of benzene rings is 1. The van der Waals surface area contributed by atoms with Gasteiger partial charge in [0, 0.05) is 6.54 Å². The van der Waals surface area contributed by atoms with E-state index in [1.54, 1.807) is 6.92 Å². The zero-order chi connectivity index (χ0) is 13.9. The van der Waals surface area contributed by atoms with Gasteiger partial charge in [-0.1, -0.05) is 12.1 Å². The van der Waals surface area contributed by atoms with Crippen LogP contribution in [0.1, 0.15) is 13.8 Å². The van der Waals surface area contributed by atoms with Crippen LogP contribution in [-0.2, 0) is 14.3 Å². The number of esters is 1. The Kier molecular flexibility index (Phi) is 7.43. The van der Waals surface area contributed by atoms with Gasteiger partial charge >= 0.3 is 5.97 Å². The van der Waals surface area contributed by atoms with Gasteiger partial charge in [-0.25, -0.2) is 4.79 Å². The Morgan fingerprint density at radius 1 is 1.21 bits per heavy atom. The van der Waals surface area contributed by atoms with Gasteiger partial charge in [-0.2, -0.15) is 0 Å². The average molecular weight is 267 g/mol. The summed E-state index contributed by atoms with van der Waals surface area (Å²) in [6, 6.07) is 7.71. The van der Waals surface area contributed by atoms with Crippen LogP contribution in [0.25, 0.3) is 0 Å². The molecule has 0 atom stereocenters. The summed E-state index contributed by atoms with van der Waals surface area (Å²) in [6.07, 6.45) is 0. The fourth-order valence-electron chi connectivity index (χ4n) is 1.51. The van der Waals surface area contributed by atoms with Gasteiger partial charge in [-0.05, 0) is 26.0 Å². The summed E-state index contributed by atoms with van der Waals surface area (Å²) >= 11 is 0. The molecule has 0 aliphatic carbocycles. The second-order valence-electron chi connectivity index (χ2n) is 3.71. The summed E-state index contributed by atoms with van der Waals surface area (Å²) in [6.45, 7) is 5.73. The topological polar surface area (TPSA) is 56.8 Å². The van der Waals surface area contributed by atoms with Crippen molar-refractivity contribution < 1.29 is 19.0 Å². The Labute approximate surface area is 113 Å². The van der Waals surface area contributed by atoms with E-state index < -0.39 is 0 Å². The van der Waals surface area contributed by atoms with Crippen LogP contribution < -0.4 is 10.1 Å². The van der Waals surface area contributed by atoms with Crippen molar-refractivity contribution in [3.05, 3.63) is 24.3 Å². The highest BCUT2D eigenvalue weighted by Gasteiger charge is 2.03. The lowest BCUT2D eigenvalue weighted by molar-refractivity contribution is -0.148. The van der Waals surface area contributed by atoms with Crippen LogP contribution in [0.15, 0.2) is 24.3 Å². The molecule has 0 bridgehead atoms. The fourth-order valence-corrected chi connectivity index (χ4v) is 1.51. The molecule has 5 nitrogen and oxygen atoms in total. The maximum Gasteiger partial charge on any atom is 0.332 e. The first-order valence-corrected chi connectivity index (χ1v) is 6.47. The number of anilines is 1. The van der Waals surface area contributed by atoms with E-state index in [0.717, 1.165) is 11.4 Å². The molecule has 0 unspecified atom stereocenters. The van der Waals surface area contributed by atoms with E-state index in [1.165, 1.54) is 0 Å². The van der Waals surface area contributed by atoms with Crippen LogP contribution in [-0.4, -0.2) is 38.9 Å². The standard InChI is InChI=1S/C14H21NO4/c1-3-18-13-8-6-5-7-12(13)15-9-10-17-11-14(16)19-4-2/h5-8,15H,3-4,9-11H2,1-2H3. The number of carbonyl (C=O) groups excluding carboxylic acids is 1. The SMILES string of the molecule is CCOC(=O)COCCNc1ccccc1OCC. The Bertz CT molecular complexity index is 381. The van der Waals surface area contributed by atoms with Crippen molar-refractivity contribution in [1.29, 1.82) is 0 Å². The first kappa shape index (κ1) is 15.3. The van der Waals surface area contributed by atoms with Gasteiger partial charge in [-0.3, -0.25) is 0 Å². The molecular weight excluding hydrogens is 246 g/mol. The first-order chi connectivity index (χ1) is 9.27. The molecule has 1 aromatic rings. The summed E-state index contributed by atoms with van der Waals surface area (Å²) < 4.78 is 15.4. The summed E-state index contributed by atoms with van der Waals surface area (Å²) in [5, 5.41) is 3.20. The first-order valence-electron chi connectivity index (χ1n) is 6.47. The molecule has 0 aliphatic heterocycles. The Hall–Kier alpha value is -1.75. The van der Waals surface area contributed by atoms with E-state index >= 15 is 0 Å². The van der Waals surface area contributed by atoms with Gasteiger partial charge in [0.25, 0.3) is 0 Å². The third kappa shape index (κ3) is 6.10. The molecule has 5 heteroatoms. The highest BCUT2D eigenvalue weighted by atomic mass is 16.6. The Morgan fingerprint density at radius 2 is 2.00 bits per heavy atom. The summed E-state index contributed by atoms with van der Waals surface area (Å²) in [5.41, 5.74) is 0.920. The molecule has 106 valence electrons. The lowest BCUT2D eigenvalue weighted by atomic mass is 10.3. The lowest BCUT2D eigenvalue weighted by Gasteiger charge is -2.12. The van der Waals surface area contributed by atoms with Gasteiger partial charge in [0.1, 0.15) is 12.4 Å². The second kappa shape index (κ2) is 9.22. The molecule has 0 spiro atoms. The quantitative estimate of drug-likeness (QED) is 0.548. The van der Waals surface area contributed by atoms with Crippen LogP contribution in [0.4, 0.5) is 5.69 Å². The molecule has 1 rings (SSSR count). The molecule has 0 saturated carbocycles. The smallest absolute Gasteiger partial charge is 0.332 e. The number of ether oxygens (including phenoxy) is 3. The highest BCUT2D eigenvalue weighted by Crippen LogP contribution is 2.23. The van der Waals surface area contributed by atoms with Gasteiger partial charge in [-0.15, -0.1) is 0 Å². The minimum atomic E-state index is -0.336. The third-order valence-corrected chi connectivity index (χ3v) is 2.27. The lowest BCUT2D eigenvalue weighted by Crippen LogP contribution is -2.16. The third-order valence-electron chi connectivity index (χ3n) is 2.27.